The van der Waals surface area contributed by atoms with Crippen LogP contribution in [0, 0.1) is 0 Å². The molecule has 1 atom stereocenters. The highest BCUT2D eigenvalue weighted by Gasteiger charge is 2.28. The van der Waals surface area contributed by atoms with Crippen molar-refractivity contribution < 1.29 is 13.2 Å². The van der Waals surface area contributed by atoms with Gasteiger partial charge in [0.05, 0.1) is 0 Å². The van der Waals surface area contributed by atoms with Gasteiger partial charge in [0.15, 0.2) is 0 Å². The lowest BCUT2D eigenvalue weighted by molar-refractivity contribution is -0.0329. The molecule has 0 saturated carbocycles. The van der Waals surface area contributed by atoms with Crippen LogP contribution >= 0.6 is 11.8 Å². The molecule has 0 aromatic carbocycles. The Morgan fingerprint density at radius 1 is 1.44 bits per heavy atom. The van der Waals surface area contributed by atoms with Crippen LogP contribution in [0.1, 0.15) is 19.8 Å². The van der Waals surface area contributed by atoms with Gasteiger partial charge in [-0.3, -0.25) is 4.90 Å². The number of likely N-dealkylation sites (N-methyl/N-ethyl adjacent to an activating group) is 1. The molecule has 0 amide bonds. The minimum atomic E-state index is -4.09. The van der Waals surface area contributed by atoms with Crippen LogP contribution in [0.4, 0.5) is 13.2 Å². The first-order valence-corrected chi connectivity index (χ1v) is 6.67. The number of thioether (sulfide) groups is 1. The monoisotopic (exact) mass is 256 g/mol. The fourth-order valence-corrected chi connectivity index (χ4v) is 2.58. The third kappa shape index (κ3) is 5.41. The van der Waals surface area contributed by atoms with Crippen molar-refractivity contribution in [3.8, 4) is 0 Å². The minimum absolute atomic E-state index is 0.0792. The van der Waals surface area contributed by atoms with Gasteiger partial charge in [0.25, 0.3) is 0 Å². The summed E-state index contributed by atoms with van der Waals surface area (Å²) in [5, 5.41) is 3.29. The number of nitrogens with zero attached hydrogens (tertiary/aromatic N) is 1. The molecule has 0 aromatic heterocycles. The Bertz CT molecular complexity index is 193. The van der Waals surface area contributed by atoms with Crippen LogP contribution in [0.2, 0.25) is 0 Å². The molecule has 6 heteroatoms. The van der Waals surface area contributed by atoms with Crippen molar-refractivity contribution in [2.75, 3.05) is 31.9 Å². The molecule has 2 nitrogen and oxygen atoms in total. The first-order chi connectivity index (χ1) is 7.53. The molecule has 96 valence electrons. The molecule has 0 radical (unpaired) electrons. The number of piperidine rings is 1. The molecule has 0 aromatic rings. The molecule has 0 bridgehead atoms. The second-order valence-electron chi connectivity index (χ2n) is 3.92. The summed E-state index contributed by atoms with van der Waals surface area (Å²) in [6.45, 7) is 5.29. The van der Waals surface area contributed by atoms with E-state index in [0.717, 1.165) is 32.5 Å². The molecule has 0 aliphatic carbocycles. The van der Waals surface area contributed by atoms with E-state index in [1.54, 1.807) is 0 Å². The van der Waals surface area contributed by atoms with Crippen molar-refractivity contribution in [3.05, 3.63) is 0 Å². The summed E-state index contributed by atoms with van der Waals surface area (Å²) < 4.78 is 36.0. The standard InChI is InChI=1S/C10H19F3N2S/c1-2-15(6-7-16-10(11,12)13)9-4-3-5-14-8-9/h9,14H,2-8H2,1H3. The molecule has 1 heterocycles. The zero-order valence-electron chi connectivity index (χ0n) is 9.52. The van der Waals surface area contributed by atoms with E-state index in [1.165, 1.54) is 0 Å². The van der Waals surface area contributed by atoms with E-state index >= 15 is 0 Å². The Morgan fingerprint density at radius 3 is 2.69 bits per heavy atom. The van der Waals surface area contributed by atoms with Gasteiger partial charge in [0.2, 0.25) is 0 Å². The first kappa shape index (κ1) is 14.1. The Hall–Kier alpha value is 0.0600. The van der Waals surface area contributed by atoms with Gasteiger partial charge in [-0.2, -0.15) is 13.2 Å². The van der Waals surface area contributed by atoms with Gasteiger partial charge in [0, 0.05) is 24.9 Å². The lowest BCUT2D eigenvalue weighted by atomic mass is 10.1. The predicted molar refractivity (Wildman–Crippen MR) is 61.7 cm³/mol. The molecule has 1 aliphatic heterocycles. The summed E-state index contributed by atoms with van der Waals surface area (Å²) in [6, 6.07) is 0.410. The van der Waals surface area contributed by atoms with E-state index < -0.39 is 5.51 Å². The van der Waals surface area contributed by atoms with E-state index in [1.807, 2.05) is 6.92 Å². The van der Waals surface area contributed by atoms with Crippen LogP contribution in [-0.2, 0) is 0 Å². The molecule has 1 rings (SSSR count). The normalized spacial score (nSPS) is 22.7. The SMILES string of the molecule is CCN(CCSC(F)(F)F)C1CCCNC1. The molecule has 0 spiro atoms. The number of alkyl halides is 3. The maximum atomic E-state index is 12.0. The molecule has 1 fully saturated rings. The largest absolute Gasteiger partial charge is 0.441 e. The zero-order valence-corrected chi connectivity index (χ0v) is 10.3. The third-order valence-electron chi connectivity index (χ3n) is 2.84. The van der Waals surface area contributed by atoms with Gasteiger partial charge in [-0.25, -0.2) is 0 Å². The average molecular weight is 256 g/mol. The number of rotatable bonds is 5. The molecule has 1 aliphatic rings. The van der Waals surface area contributed by atoms with Crippen LogP contribution in [0.25, 0.3) is 0 Å². The smallest absolute Gasteiger partial charge is 0.315 e. The Morgan fingerprint density at radius 2 is 2.19 bits per heavy atom. The minimum Gasteiger partial charge on any atom is -0.315 e. The quantitative estimate of drug-likeness (QED) is 0.812. The molecule has 1 unspecified atom stereocenters. The van der Waals surface area contributed by atoms with Gasteiger partial charge in [-0.1, -0.05) is 6.92 Å². The second-order valence-corrected chi connectivity index (χ2v) is 5.08. The van der Waals surface area contributed by atoms with Crippen LogP contribution in [0.15, 0.2) is 0 Å². The van der Waals surface area contributed by atoms with Gasteiger partial charge >= 0.3 is 5.51 Å². The molecular weight excluding hydrogens is 237 g/mol. The van der Waals surface area contributed by atoms with Crippen LogP contribution in [0.3, 0.4) is 0 Å². The highest BCUT2D eigenvalue weighted by molar-refractivity contribution is 8.00. The molecular formula is C10H19F3N2S. The highest BCUT2D eigenvalue weighted by atomic mass is 32.2. The fourth-order valence-electron chi connectivity index (χ4n) is 2.02. The Kier molecular flexibility index (Phi) is 5.92. The fraction of sp³-hybridized carbons (Fsp3) is 1.00. The van der Waals surface area contributed by atoms with Crippen molar-refractivity contribution in [2.24, 2.45) is 0 Å². The summed E-state index contributed by atoms with van der Waals surface area (Å²) >= 11 is 0.0792. The van der Waals surface area contributed by atoms with Crippen LogP contribution in [-0.4, -0.2) is 48.4 Å². The zero-order chi connectivity index (χ0) is 12.0. The first-order valence-electron chi connectivity index (χ1n) is 5.68. The maximum absolute atomic E-state index is 12.0. The van der Waals surface area contributed by atoms with Crippen LogP contribution in [0.5, 0.6) is 0 Å². The maximum Gasteiger partial charge on any atom is 0.441 e. The summed E-state index contributed by atoms with van der Waals surface area (Å²) in [7, 11) is 0. The van der Waals surface area contributed by atoms with Crippen molar-refractivity contribution in [1.29, 1.82) is 0 Å². The summed E-state index contributed by atoms with van der Waals surface area (Å²) in [5.74, 6) is 0.133. The van der Waals surface area contributed by atoms with Crippen LogP contribution < -0.4 is 5.32 Å². The van der Waals surface area contributed by atoms with E-state index in [0.29, 0.717) is 12.6 Å². The summed E-state index contributed by atoms with van der Waals surface area (Å²) in [6.07, 6.45) is 2.21. The number of nitrogens with one attached hydrogen (secondary N) is 1. The third-order valence-corrected chi connectivity index (χ3v) is 3.55. The number of hydrogen-bond donors (Lipinski definition) is 1. The summed E-state index contributed by atoms with van der Waals surface area (Å²) in [4.78, 5) is 2.14. The molecule has 16 heavy (non-hydrogen) atoms. The van der Waals surface area contributed by atoms with Crippen molar-refractivity contribution in [1.82, 2.24) is 10.2 Å². The van der Waals surface area contributed by atoms with E-state index in [-0.39, 0.29) is 17.5 Å². The predicted octanol–water partition coefficient (Wildman–Crippen LogP) is 2.31. The lowest BCUT2D eigenvalue weighted by Crippen LogP contribution is -2.46. The second kappa shape index (κ2) is 6.71. The van der Waals surface area contributed by atoms with Gasteiger partial charge < -0.3 is 5.32 Å². The highest BCUT2D eigenvalue weighted by Crippen LogP contribution is 2.30. The van der Waals surface area contributed by atoms with E-state index in [4.69, 9.17) is 0 Å². The van der Waals surface area contributed by atoms with Crippen molar-refractivity contribution in [3.63, 3.8) is 0 Å². The van der Waals surface area contributed by atoms with E-state index in [2.05, 4.69) is 10.2 Å². The van der Waals surface area contributed by atoms with Crippen molar-refractivity contribution >= 4 is 11.8 Å². The molecule has 1 N–H and O–H groups in total. The van der Waals surface area contributed by atoms with Gasteiger partial charge in [-0.15, -0.1) is 0 Å². The Labute approximate surface area is 98.9 Å². The van der Waals surface area contributed by atoms with Gasteiger partial charge in [-0.05, 0) is 37.7 Å². The number of hydrogen-bond acceptors (Lipinski definition) is 3. The Balaban J connectivity index is 2.25. The lowest BCUT2D eigenvalue weighted by Gasteiger charge is -2.33. The van der Waals surface area contributed by atoms with Crippen molar-refractivity contribution in [2.45, 2.75) is 31.3 Å². The average Bonchev–Trinajstić information content (AvgIpc) is 2.24. The summed E-state index contributed by atoms with van der Waals surface area (Å²) in [5.41, 5.74) is -4.09. The molecule has 1 saturated heterocycles. The van der Waals surface area contributed by atoms with E-state index in [9.17, 15) is 13.2 Å². The number of halogens is 3. The van der Waals surface area contributed by atoms with Gasteiger partial charge in [0.1, 0.15) is 0 Å². The topological polar surface area (TPSA) is 15.3 Å².